The van der Waals surface area contributed by atoms with E-state index in [4.69, 9.17) is 10.5 Å². The van der Waals surface area contributed by atoms with Gasteiger partial charge in [-0.05, 0) is 0 Å². The number of ether oxygens (including phenoxy) is 2. The molecule has 0 aromatic carbocycles. The highest BCUT2D eigenvalue weighted by atomic mass is 16.5. The molecular weight excluding hydrogens is 242 g/mol. The second-order valence-corrected chi connectivity index (χ2v) is 4.26. The van der Waals surface area contributed by atoms with E-state index in [1.54, 1.807) is 0 Å². The Labute approximate surface area is 105 Å². The van der Waals surface area contributed by atoms with Crippen LogP contribution in [0.2, 0.25) is 0 Å². The van der Waals surface area contributed by atoms with E-state index >= 15 is 0 Å². The molecule has 0 fully saturated rings. The summed E-state index contributed by atoms with van der Waals surface area (Å²) in [5, 5.41) is 9.47. The molecule has 0 aliphatic heterocycles. The quantitative estimate of drug-likeness (QED) is 0.473. The third kappa shape index (κ3) is 5.44. The molecule has 1 amide bonds. The Kier molecular flexibility index (Phi) is 6.04. The van der Waals surface area contributed by atoms with Crippen LogP contribution in [-0.2, 0) is 23.9 Å². The highest BCUT2D eigenvalue weighted by Gasteiger charge is 2.33. The van der Waals surface area contributed by atoms with Crippen LogP contribution >= 0.6 is 0 Å². The van der Waals surface area contributed by atoms with Crippen molar-refractivity contribution in [1.82, 2.24) is 0 Å². The monoisotopic (exact) mass is 259 g/mol. The van der Waals surface area contributed by atoms with Gasteiger partial charge in [0.15, 0.2) is 0 Å². The van der Waals surface area contributed by atoms with Crippen molar-refractivity contribution in [3.05, 3.63) is 12.2 Å². The van der Waals surface area contributed by atoms with Gasteiger partial charge in [0, 0.05) is 17.6 Å². The van der Waals surface area contributed by atoms with Crippen LogP contribution in [0.4, 0.5) is 0 Å². The Morgan fingerprint density at radius 3 is 2.22 bits per heavy atom. The number of carbonyl (C=O) groups is 3. The molecule has 18 heavy (non-hydrogen) atoms. The first-order chi connectivity index (χ1) is 8.20. The molecule has 0 aromatic heterocycles. The summed E-state index contributed by atoms with van der Waals surface area (Å²) in [5.41, 5.74) is 3.93. The van der Waals surface area contributed by atoms with Crippen LogP contribution in [0.5, 0.6) is 0 Å². The van der Waals surface area contributed by atoms with Crippen molar-refractivity contribution in [3.8, 4) is 0 Å². The summed E-state index contributed by atoms with van der Waals surface area (Å²) in [6, 6.07) is 0. The summed E-state index contributed by atoms with van der Waals surface area (Å²) < 4.78 is 9.05. The van der Waals surface area contributed by atoms with Crippen molar-refractivity contribution in [2.45, 2.75) is 20.0 Å². The highest BCUT2D eigenvalue weighted by Crippen LogP contribution is 2.20. The van der Waals surface area contributed by atoms with E-state index in [1.807, 2.05) is 0 Å². The van der Waals surface area contributed by atoms with Gasteiger partial charge in [-0.1, -0.05) is 13.8 Å². The third-order valence-electron chi connectivity index (χ3n) is 2.15. The number of hydrogen-bond donors (Lipinski definition) is 2. The van der Waals surface area contributed by atoms with E-state index in [1.165, 1.54) is 21.0 Å². The molecule has 0 spiro atoms. The number of hydrogen-bond acceptors (Lipinski definition) is 6. The number of esters is 2. The van der Waals surface area contributed by atoms with Gasteiger partial charge in [-0.2, -0.15) is 0 Å². The smallest absolute Gasteiger partial charge is 0.331 e. The minimum atomic E-state index is -1.44. The molecule has 0 rings (SSSR count). The van der Waals surface area contributed by atoms with E-state index in [0.29, 0.717) is 0 Å². The van der Waals surface area contributed by atoms with Crippen molar-refractivity contribution in [1.29, 1.82) is 0 Å². The van der Waals surface area contributed by atoms with Gasteiger partial charge in [0.2, 0.25) is 5.91 Å². The Balaban J connectivity index is 4.32. The lowest BCUT2D eigenvalue weighted by atomic mass is 9.87. The van der Waals surface area contributed by atoms with Crippen molar-refractivity contribution in [3.63, 3.8) is 0 Å². The fraction of sp³-hybridized carbons (Fsp3) is 0.545. The summed E-state index contributed by atoms with van der Waals surface area (Å²) in [5.74, 6) is -2.38. The van der Waals surface area contributed by atoms with Crippen LogP contribution in [0.3, 0.4) is 0 Å². The van der Waals surface area contributed by atoms with Crippen molar-refractivity contribution >= 4 is 17.8 Å². The fourth-order valence-corrected chi connectivity index (χ4v) is 0.973. The lowest BCUT2D eigenvalue weighted by Gasteiger charge is -2.27. The van der Waals surface area contributed by atoms with Crippen molar-refractivity contribution in [2.24, 2.45) is 11.1 Å². The molecule has 1 atom stereocenters. The molecule has 102 valence electrons. The molecule has 0 aliphatic carbocycles. The van der Waals surface area contributed by atoms with Gasteiger partial charge in [-0.25, -0.2) is 9.59 Å². The van der Waals surface area contributed by atoms with E-state index < -0.39 is 29.4 Å². The zero-order valence-electron chi connectivity index (χ0n) is 10.5. The molecule has 0 unspecified atom stereocenters. The number of rotatable bonds is 6. The summed E-state index contributed by atoms with van der Waals surface area (Å²) in [7, 11) is 1.17. The molecule has 0 saturated carbocycles. The molecule has 0 aromatic rings. The maximum absolute atomic E-state index is 11.2. The molecule has 0 heterocycles. The minimum absolute atomic E-state index is 0.221. The van der Waals surface area contributed by atoms with Gasteiger partial charge >= 0.3 is 11.9 Å². The lowest BCUT2D eigenvalue weighted by molar-refractivity contribution is -0.148. The Bertz CT molecular complexity index is 361. The average molecular weight is 259 g/mol. The maximum Gasteiger partial charge on any atom is 0.331 e. The van der Waals surface area contributed by atoms with E-state index in [2.05, 4.69) is 4.74 Å². The Morgan fingerprint density at radius 2 is 1.78 bits per heavy atom. The van der Waals surface area contributed by atoms with Crippen LogP contribution < -0.4 is 5.73 Å². The van der Waals surface area contributed by atoms with Crippen LogP contribution in [0.25, 0.3) is 0 Å². The number of primary amides is 1. The van der Waals surface area contributed by atoms with E-state index in [-0.39, 0.29) is 6.61 Å². The number of methoxy groups -OCH3 is 1. The molecule has 7 heteroatoms. The van der Waals surface area contributed by atoms with Gasteiger partial charge in [0.25, 0.3) is 0 Å². The van der Waals surface area contributed by atoms with Crippen LogP contribution in [-0.4, -0.2) is 42.8 Å². The highest BCUT2D eigenvalue weighted by molar-refractivity contribution is 5.91. The first-order valence-electron chi connectivity index (χ1n) is 5.11. The number of carbonyl (C=O) groups excluding carboxylic acids is 3. The number of amides is 1. The fourth-order valence-electron chi connectivity index (χ4n) is 0.973. The first-order valence-corrected chi connectivity index (χ1v) is 5.11. The zero-order valence-corrected chi connectivity index (χ0v) is 10.5. The standard InChI is InChI=1S/C11H17NO6/c1-11(2,9(15)10(12)16)6-18-8(14)5-4-7(13)17-3/h4-5,9,15H,6H2,1-3H3,(H2,12,16)/b5-4+/t9-/m0/s1. The molecule has 0 saturated heterocycles. The first kappa shape index (κ1) is 16.1. The SMILES string of the molecule is COC(=O)/C=C/C(=O)OCC(C)(C)[C@@H](O)C(N)=O. The summed E-state index contributed by atoms with van der Waals surface area (Å²) in [6.07, 6.45) is 0.355. The van der Waals surface area contributed by atoms with Crippen molar-refractivity contribution in [2.75, 3.05) is 13.7 Å². The van der Waals surface area contributed by atoms with Crippen LogP contribution in [0, 0.1) is 5.41 Å². The minimum Gasteiger partial charge on any atom is -0.466 e. The largest absolute Gasteiger partial charge is 0.466 e. The number of aliphatic hydroxyl groups excluding tert-OH is 1. The molecule has 7 nitrogen and oxygen atoms in total. The number of nitrogens with two attached hydrogens (primary N) is 1. The average Bonchev–Trinajstić information content (AvgIpc) is 2.32. The van der Waals surface area contributed by atoms with Gasteiger partial charge in [0.05, 0.1) is 13.7 Å². The molecule has 3 N–H and O–H groups in total. The summed E-state index contributed by atoms with van der Waals surface area (Å²) in [4.78, 5) is 32.7. The predicted molar refractivity (Wildman–Crippen MR) is 61.1 cm³/mol. The Morgan fingerprint density at radius 1 is 1.28 bits per heavy atom. The van der Waals surface area contributed by atoms with Gasteiger partial charge in [0.1, 0.15) is 6.10 Å². The zero-order chi connectivity index (χ0) is 14.3. The number of aliphatic hydroxyl groups is 1. The summed E-state index contributed by atoms with van der Waals surface area (Å²) >= 11 is 0. The normalized spacial score (nSPS) is 13.1. The maximum atomic E-state index is 11.2. The predicted octanol–water partition coefficient (Wildman–Crippen LogP) is -0.869. The van der Waals surface area contributed by atoms with E-state index in [0.717, 1.165) is 12.2 Å². The molecular formula is C11H17NO6. The Hall–Kier alpha value is -1.89. The van der Waals surface area contributed by atoms with Gasteiger partial charge < -0.3 is 20.3 Å². The van der Waals surface area contributed by atoms with Crippen molar-refractivity contribution < 1.29 is 29.0 Å². The van der Waals surface area contributed by atoms with Crippen LogP contribution in [0.15, 0.2) is 12.2 Å². The second-order valence-electron chi connectivity index (χ2n) is 4.26. The summed E-state index contributed by atoms with van der Waals surface area (Å²) in [6.45, 7) is 2.81. The van der Waals surface area contributed by atoms with Crippen LogP contribution in [0.1, 0.15) is 13.8 Å². The molecule has 0 radical (unpaired) electrons. The van der Waals surface area contributed by atoms with Gasteiger partial charge in [-0.3, -0.25) is 4.79 Å². The second kappa shape index (κ2) is 6.75. The van der Waals surface area contributed by atoms with Gasteiger partial charge in [-0.15, -0.1) is 0 Å². The molecule has 0 bridgehead atoms. The molecule has 0 aliphatic rings. The third-order valence-corrected chi connectivity index (χ3v) is 2.15. The topological polar surface area (TPSA) is 116 Å². The van der Waals surface area contributed by atoms with E-state index in [9.17, 15) is 19.5 Å². The lowest BCUT2D eigenvalue weighted by Crippen LogP contribution is -2.43.